The molecule has 1 aromatic carbocycles. The van der Waals surface area contributed by atoms with Crippen molar-refractivity contribution in [2.45, 2.75) is 6.42 Å². The van der Waals surface area contributed by atoms with Crippen molar-refractivity contribution in [3.8, 4) is 17.2 Å². The van der Waals surface area contributed by atoms with Crippen LogP contribution in [0.2, 0.25) is 5.02 Å². The number of fused-ring (bicyclic) bond motifs is 1. The number of hydrogen-bond acceptors (Lipinski definition) is 3. The van der Waals surface area contributed by atoms with Gasteiger partial charge in [0.25, 0.3) is 0 Å². The number of rotatable bonds is 2. The quantitative estimate of drug-likeness (QED) is 0.788. The topological polar surface area (TPSA) is 38.7 Å². The van der Waals surface area contributed by atoms with E-state index in [4.69, 9.17) is 21.1 Å². The number of phenolic OH excluding ortho intramolecular Hbond substituents is 1. The van der Waals surface area contributed by atoms with Crippen LogP contribution < -0.4 is 9.47 Å². The zero-order valence-electron chi connectivity index (χ0n) is 8.12. The van der Waals surface area contributed by atoms with Gasteiger partial charge >= 0.3 is 0 Å². The van der Waals surface area contributed by atoms with Gasteiger partial charge in [0.15, 0.2) is 11.5 Å². The highest BCUT2D eigenvalue weighted by Crippen LogP contribution is 2.44. The highest BCUT2D eigenvalue weighted by atomic mass is 35.5. The third kappa shape index (κ3) is 1.75. The highest BCUT2D eigenvalue weighted by Gasteiger charge is 2.21. The summed E-state index contributed by atoms with van der Waals surface area (Å²) in [5.74, 6) is 0.927. The Bertz CT molecular complexity index is 401. The van der Waals surface area contributed by atoms with Crippen LogP contribution in [0.15, 0.2) is 18.7 Å². The second-order valence-corrected chi connectivity index (χ2v) is 3.61. The molecule has 0 aromatic heterocycles. The minimum Gasteiger partial charge on any atom is -0.504 e. The van der Waals surface area contributed by atoms with Crippen LogP contribution in [0.1, 0.15) is 5.56 Å². The maximum absolute atomic E-state index is 9.91. The van der Waals surface area contributed by atoms with E-state index in [9.17, 15) is 5.11 Å². The van der Waals surface area contributed by atoms with E-state index in [2.05, 4.69) is 6.58 Å². The lowest BCUT2D eigenvalue weighted by molar-refractivity contribution is 0.165. The van der Waals surface area contributed by atoms with Crippen LogP contribution >= 0.6 is 11.6 Å². The van der Waals surface area contributed by atoms with Crippen LogP contribution in [-0.2, 0) is 6.42 Å². The molecule has 0 aliphatic carbocycles. The molecule has 0 spiro atoms. The third-order valence-corrected chi connectivity index (χ3v) is 2.54. The SMILES string of the molecule is C=CCc1c(Cl)cc2c(c1O)OCCO2. The molecule has 1 N–H and O–H groups in total. The van der Waals surface area contributed by atoms with Crippen LogP contribution in [-0.4, -0.2) is 18.3 Å². The summed E-state index contributed by atoms with van der Waals surface area (Å²) in [5, 5.41) is 10.4. The third-order valence-electron chi connectivity index (χ3n) is 2.21. The molecule has 0 atom stereocenters. The summed E-state index contributed by atoms with van der Waals surface area (Å²) < 4.78 is 10.7. The molecule has 0 saturated heterocycles. The molecule has 1 aliphatic rings. The standard InChI is InChI=1S/C11H11ClO3/c1-2-3-7-8(12)6-9-11(10(7)13)15-5-4-14-9/h2,6,13H,1,3-5H2. The summed E-state index contributed by atoms with van der Waals surface area (Å²) in [6.07, 6.45) is 2.18. The van der Waals surface area contributed by atoms with Gasteiger partial charge in [0.2, 0.25) is 5.75 Å². The van der Waals surface area contributed by atoms with E-state index in [1.807, 2.05) is 0 Å². The lowest BCUT2D eigenvalue weighted by Gasteiger charge is -2.21. The van der Waals surface area contributed by atoms with Crippen molar-refractivity contribution in [2.24, 2.45) is 0 Å². The van der Waals surface area contributed by atoms with Crippen LogP contribution in [0, 0.1) is 0 Å². The molecule has 3 nitrogen and oxygen atoms in total. The predicted octanol–water partition coefficient (Wildman–Crippen LogP) is 2.55. The first-order valence-corrected chi connectivity index (χ1v) is 5.02. The summed E-state index contributed by atoms with van der Waals surface area (Å²) in [4.78, 5) is 0. The molecule has 1 heterocycles. The Morgan fingerprint density at radius 2 is 2.20 bits per heavy atom. The zero-order valence-corrected chi connectivity index (χ0v) is 8.88. The van der Waals surface area contributed by atoms with Crippen molar-refractivity contribution in [3.63, 3.8) is 0 Å². The Labute approximate surface area is 92.9 Å². The first-order valence-electron chi connectivity index (χ1n) is 4.65. The van der Waals surface area contributed by atoms with Crippen LogP contribution in [0.25, 0.3) is 0 Å². The minimum atomic E-state index is 0.0529. The molecule has 0 unspecified atom stereocenters. The number of ether oxygens (including phenoxy) is 2. The monoisotopic (exact) mass is 226 g/mol. The van der Waals surface area contributed by atoms with Crippen molar-refractivity contribution >= 4 is 11.6 Å². The molecule has 0 fully saturated rings. The molecular formula is C11H11ClO3. The molecule has 1 aliphatic heterocycles. The molecule has 15 heavy (non-hydrogen) atoms. The molecule has 0 radical (unpaired) electrons. The van der Waals surface area contributed by atoms with Gasteiger partial charge in [-0.3, -0.25) is 0 Å². The predicted molar refractivity (Wildman–Crippen MR) is 58.0 cm³/mol. The Morgan fingerprint density at radius 1 is 1.47 bits per heavy atom. The fourth-order valence-electron chi connectivity index (χ4n) is 1.52. The Kier molecular flexibility index (Phi) is 2.73. The van der Waals surface area contributed by atoms with Gasteiger partial charge in [0.05, 0.1) is 5.02 Å². The second-order valence-electron chi connectivity index (χ2n) is 3.20. The van der Waals surface area contributed by atoms with Gasteiger partial charge in [0, 0.05) is 11.6 Å². The molecule has 2 rings (SSSR count). The number of phenols is 1. The molecule has 0 amide bonds. The number of benzene rings is 1. The molecule has 4 heteroatoms. The van der Waals surface area contributed by atoms with E-state index < -0.39 is 0 Å². The fraction of sp³-hybridized carbons (Fsp3) is 0.273. The van der Waals surface area contributed by atoms with Crippen LogP contribution in [0.4, 0.5) is 0 Å². The smallest absolute Gasteiger partial charge is 0.203 e. The van der Waals surface area contributed by atoms with E-state index in [-0.39, 0.29) is 5.75 Å². The van der Waals surface area contributed by atoms with E-state index in [1.54, 1.807) is 12.1 Å². The largest absolute Gasteiger partial charge is 0.504 e. The van der Waals surface area contributed by atoms with Gasteiger partial charge in [-0.15, -0.1) is 6.58 Å². The lowest BCUT2D eigenvalue weighted by atomic mass is 10.1. The average Bonchev–Trinajstić information content (AvgIpc) is 2.24. The summed E-state index contributed by atoms with van der Waals surface area (Å²) in [6, 6.07) is 1.66. The summed E-state index contributed by atoms with van der Waals surface area (Å²) in [5.41, 5.74) is 0.621. The first kappa shape index (κ1) is 10.2. The van der Waals surface area contributed by atoms with Crippen LogP contribution in [0.5, 0.6) is 17.2 Å². The van der Waals surface area contributed by atoms with Gasteiger partial charge in [-0.1, -0.05) is 17.7 Å². The number of aromatic hydroxyl groups is 1. The fourth-order valence-corrected chi connectivity index (χ4v) is 1.78. The molecule has 80 valence electrons. The summed E-state index contributed by atoms with van der Waals surface area (Å²) in [6.45, 7) is 4.52. The van der Waals surface area contributed by atoms with Crippen molar-refractivity contribution in [1.82, 2.24) is 0 Å². The minimum absolute atomic E-state index is 0.0529. The molecular weight excluding hydrogens is 216 g/mol. The van der Waals surface area contributed by atoms with Gasteiger partial charge in [-0.25, -0.2) is 0 Å². The van der Waals surface area contributed by atoms with E-state index in [0.29, 0.717) is 41.7 Å². The Balaban J connectivity index is 2.53. The zero-order chi connectivity index (χ0) is 10.8. The normalized spacial score (nSPS) is 13.7. The van der Waals surface area contributed by atoms with Crippen LogP contribution in [0.3, 0.4) is 0 Å². The number of allylic oxidation sites excluding steroid dienone is 1. The van der Waals surface area contributed by atoms with E-state index in [1.165, 1.54) is 0 Å². The lowest BCUT2D eigenvalue weighted by Crippen LogP contribution is -2.15. The van der Waals surface area contributed by atoms with Gasteiger partial charge < -0.3 is 14.6 Å². The number of hydrogen-bond donors (Lipinski definition) is 1. The maximum Gasteiger partial charge on any atom is 0.203 e. The number of halogens is 1. The van der Waals surface area contributed by atoms with E-state index >= 15 is 0 Å². The maximum atomic E-state index is 9.91. The first-order chi connectivity index (χ1) is 7.24. The van der Waals surface area contributed by atoms with Crippen molar-refractivity contribution in [3.05, 3.63) is 29.3 Å². The highest BCUT2D eigenvalue weighted by molar-refractivity contribution is 6.31. The van der Waals surface area contributed by atoms with Crippen molar-refractivity contribution < 1.29 is 14.6 Å². The van der Waals surface area contributed by atoms with Gasteiger partial charge in [0.1, 0.15) is 13.2 Å². The van der Waals surface area contributed by atoms with Crippen molar-refractivity contribution in [1.29, 1.82) is 0 Å². The molecule has 0 saturated carbocycles. The molecule has 1 aromatic rings. The van der Waals surface area contributed by atoms with E-state index in [0.717, 1.165) is 0 Å². The summed E-state index contributed by atoms with van der Waals surface area (Å²) in [7, 11) is 0. The average molecular weight is 227 g/mol. The van der Waals surface area contributed by atoms with Gasteiger partial charge in [-0.2, -0.15) is 0 Å². The van der Waals surface area contributed by atoms with Crippen molar-refractivity contribution in [2.75, 3.05) is 13.2 Å². The summed E-state index contributed by atoms with van der Waals surface area (Å²) >= 11 is 6.00. The Hall–Kier alpha value is -1.35. The van der Waals surface area contributed by atoms with Gasteiger partial charge in [-0.05, 0) is 6.42 Å². The Morgan fingerprint density at radius 3 is 2.93 bits per heavy atom. The second kappa shape index (κ2) is 4.03. The molecule has 0 bridgehead atoms.